The molecule has 2 heterocycles. The Balaban J connectivity index is 1.79. The fraction of sp³-hybridized carbons (Fsp3) is 0.450. The van der Waals surface area contributed by atoms with Gasteiger partial charge in [-0.15, -0.1) is 0 Å². The fourth-order valence-electron chi connectivity index (χ4n) is 3.45. The van der Waals surface area contributed by atoms with Crippen LogP contribution in [-0.4, -0.2) is 46.6 Å². The number of ether oxygens (including phenoxy) is 1. The highest BCUT2D eigenvalue weighted by Gasteiger charge is 2.40. The number of carbonyl (C=O) groups excluding carboxylic acids is 5. The van der Waals surface area contributed by atoms with E-state index in [2.05, 4.69) is 10.6 Å². The van der Waals surface area contributed by atoms with Crippen LogP contribution >= 0.6 is 0 Å². The molecule has 1 aromatic carbocycles. The number of aldehydes is 1. The van der Waals surface area contributed by atoms with Gasteiger partial charge in [0.15, 0.2) is 0 Å². The van der Waals surface area contributed by atoms with Crippen molar-refractivity contribution in [3.63, 3.8) is 0 Å². The van der Waals surface area contributed by atoms with E-state index in [0.29, 0.717) is 28.5 Å². The molecule has 2 aliphatic rings. The molecule has 29 heavy (non-hydrogen) atoms. The summed E-state index contributed by atoms with van der Waals surface area (Å²) in [6, 6.07) is 2.45. The zero-order valence-corrected chi connectivity index (χ0v) is 16.5. The molecule has 1 aromatic rings. The number of nitrogens with one attached hydrogen (secondary N) is 2. The normalized spacial score (nSPS) is 18.9. The smallest absolute Gasteiger partial charge is 0.407 e. The third-order valence-electron chi connectivity index (χ3n) is 4.71. The number of alkyl carbamates (subject to hydrolysis) is 1. The Morgan fingerprint density at radius 1 is 1.31 bits per heavy atom. The van der Waals surface area contributed by atoms with Crippen LogP contribution in [0.3, 0.4) is 0 Å². The molecule has 3 rings (SSSR count). The largest absolute Gasteiger partial charge is 0.444 e. The standard InChI is InChI=1S/C20H23N3O6/c1-20(2,3)29-19(28)21-8-11-6-12(10-24)14-9-23(18(27)13(14)7-11)15-4-5-16(25)22-17(15)26/h6-7,10,15H,4-5,8-9H2,1-3H3,(H,21,28)(H,22,25,26). The van der Waals surface area contributed by atoms with Gasteiger partial charge in [0.1, 0.15) is 17.9 Å². The summed E-state index contributed by atoms with van der Waals surface area (Å²) in [6.45, 7) is 5.43. The minimum absolute atomic E-state index is 0.0781. The molecule has 9 heteroatoms. The Morgan fingerprint density at radius 2 is 2.03 bits per heavy atom. The van der Waals surface area contributed by atoms with Crippen LogP contribution in [0.1, 0.15) is 65.5 Å². The molecule has 154 valence electrons. The Bertz CT molecular complexity index is 902. The van der Waals surface area contributed by atoms with Gasteiger partial charge in [-0.2, -0.15) is 0 Å². The Hall–Kier alpha value is -3.23. The van der Waals surface area contributed by atoms with Gasteiger partial charge in [-0.25, -0.2) is 4.79 Å². The Kier molecular flexibility index (Phi) is 5.41. The number of nitrogens with zero attached hydrogens (tertiary/aromatic N) is 1. The van der Waals surface area contributed by atoms with E-state index >= 15 is 0 Å². The summed E-state index contributed by atoms with van der Waals surface area (Å²) >= 11 is 0. The van der Waals surface area contributed by atoms with Gasteiger partial charge < -0.3 is 15.0 Å². The predicted octanol–water partition coefficient (Wildman–Crippen LogP) is 1.28. The van der Waals surface area contributed by atoms with Gasteiger partial charge in [-0.3, -0.25) is 24.5 Å². The zero-order valence-electron chi connectivity index (χ0n) is 16.5. The van der Waals surface area contributed by atoms with Gasteiger partial charge in [0.25, 0.3) is 5.91 Å². The molecule has 0 radical (unpaired) electrons. The maximum absolute atomic E-state index is 12.9. The topological polar surface area (TPSA) is 122 Å². The van der Waals surface area contributed by atoms with Crippen LogP contribution in [0.5, 0.6) is 0 Å². The molecule has 0 aliphatic carbocycles. The van der Waals surface area contributed by atoms with Crippen molar-refractivity contribution in [1.29, 1.82) is 0 Å². The number of amides is 4. The van der Waals surface area contributed by atoms with Crippen molar-refractivity contribution in [3.05, 3.63) is 34.4 Å². The van der Waals surface area contributed by atoms with Gasteiger partial charge >= 0.3 is 6.09 Å². The van der Waals surface area contributed by atoms with E-state index < -0.39 is 23.6 Å². The summed E-state index contributed by atoms with van der Waals surface area (Å²) in [6.07, 6.45) is 0.440. The predicted molar refractivity (Wildman–Crippen MR) is 101 cm³/mol. The second kappa shape index (κ2) is 7.65. The quantitative estimate of drug-likeness (QED) is 0.579. The second-order valence-electron chi connectivity index (χ2n) is 8.08. The lowest BCUT2D eigenvalue weighted by atomic mass is 10.00. The van der Waals surface area contributed by atoms with Crippen LogP contribution in [0.15, 0.2) is 12.1 Å². The summed E-state index contributed by atoms with van der Waals surface area (Å²) in [5.74, 6) is -1.25. The molecule has 1 fully saturated rings. The first-order valence-corrected chi connectivity index (χ1v) is 9.31. The van der Waals surface area contributed by atoms with E-state index in [0.717, 1.165) is 0 Å². The van der Waals surface area contributed by atoms with Crippen molar-refractivity contribution in [2.24, 2.45) is 0 Å². The highest BCUT2D eigenvalue weighted by molar-refractivity contribution is 6.06. The molecule has 0 aromatic heterocycles. The number of hydrogen-bond acceptors (Lipinski definition) is 6. The fourth-order valence-corrected chi connectivity index (χ4v) is 3.45. The maximum atomic E-state index is 12.9. The van der Waals surface area contributed by atoms with Crippen LogP contribution < -0.4 is 10.6 Å². The molecular formula is C20H23N3O6. The molecule has 1 saturated heterocycles. The Morgan fingerprint density at radius 3 is 2.66 bits per heavy atom. The van der Waals surface area contributed by atoms with Crippen LogP contribution in [-0.2, 0) is 27.4 Å². The number of piperidine rings is 1. The van der Waals surface area contributed by atoms with Crippen molar-refractivity contribution in [2.75, 3.05) is 0 Å². The number of benzene rings is 1. The number of hydrogen-bond donors (Lipinski definition) is 2. The summed E-state index contributed by atoms with van der Waals surface area (Å²) in [5.41, 5.74) is 1.10. The molecule has 4 amide bonds. The zero-order chi connectivity index (χ0) is 21.3. The van der Waals surface area contributed by atoms with E-state index in [4.69, 9.17) is 4.74 Å². The van der Waals surface area contributed by atoms with Gasteiger partial charge in [0.2, 0.25) is 11.8 Å². The molecule has 9 nitrogen and oxygen atoms in total. The molecular weight excluding hydrogens is 378 g/mol. The first-order valence-electron chi connectivity index (χ1n) is 9.31. The van der Waals surface area contributed by atoms with Crippen molar-refractivity contribution in [2.45, 2.75) is 58.3 Å². The molecule has 2 aliphatic heterocycles. The Labute approximate surface area is 167 Å². The number of imide groups is 1. The van der Waals surface area contributed by atoms with E-state index in [1.54, 1.807) is 32.9 Å². The number of fused-ring (bicyclic) bond motifs is 1. The van der Waals surface area contributed by atoms with Crippen molar-refractivity contribution >= 4 is 30.1 Å². The minimum atomic E-state index is -0.754. The summed E-state index contributed by atoms with van der Waals surface area (Å²) in [7, 11) is 0. The minimum Gasteiger partial charge on any atom is -0.444 e. The van der Waals surface area contributed by atoms with E-state index in [-0.39, 0.29) is 37.7 Å². The first-order chi connectivity index (χ1) is 13.6. The van der Waals surface area contributed by atoms with Crippen LogP contribution in [0, 0.1) is 0 Å². The number of rotatable bonds is 4. The van der Waals surface area contributed by atoms with Gasteiger partial charge in [-0.05, 0) is 50.5 Å². The lowest BCUT2D eigenvalue weighted by Gasteiger charge is -2.29. The van der Waals surface area contributed by atoms with E-state index in [9.17, 15) is 24.0 Å². The van der Waals surface area contributed by atoms with E-state index in [1.807, 2.05) is 0 Å². The average molecular weight is 401 g/mol. The summed E-state index contributed by atoms with van der Waals surface area (Å²) in [4.78, 5) is 61.2. The second-order valence-corrected chi connectivity index (χ2v) is 8.08. The van der Waals surface area contributed by atoms with Crippen LogP contribution in [0.4, 0.5) is 4.79 Å². The molecule has 2 N–H and O–H groups in total. The van der Waals surface area contributed by atoms with Crippen LogP contribution in [0.25, 0.3) is 0 Å². The van der Waals surface area contributed by atoms with Crippen LogP contribution in [0.2, 0.25) is 0 Å². The lowest BCUT2D eigenvalue weighted by molar-refractivity contribution is -0.136. The summed E-state index contributed by atoms with van der Waals surface area (Å²) < 4.78 is 5.18. The van der Waals surface area contributed by atoms with Gasteiger partial charge in [0.05, 0.1) is 0 Å². The van der Waals surface area contributed by atoms with Crippen molar-refractivity contribution in [3.8, 4) is 0 Å². The number of carbonyl (C=O) groups is 5. The SMILES string of the molecule is CC(C)(C)OC(=O)NCc1cc(C=O)c2c(c1)C(=O)N(C1CCC(=O)NC1=O)C2. The maximum Gasteiger partial charge on any atom is 0.407 e. The molecule has 1 unspecified atom stereocenters. The summed E-state index contributed by atoms with van der Waals surface area (Å²) in [5, 5.41) is 4.84. The lowest BCUT2D eigenvalue weighted by Crippen LogP contribution is -2.52. The average Bonchev–Trinajstić information content (AvgIpc) is 2.95. The molecule has 0 spiro atoms. The third kappa shape index (κ3) is 4.44. The molecule has 0 saturated carbocycles. The molecule has 0 bridgehead atoms. The first kappa shape index (κ1) is 20.5. The monoisotopic (exact) mass is 401 g/mol. The highest BCUT2D eigenvalue weighted by Crippen LogP contribution is 2.30. The highest BCUT2D eigenvalue weighted by atomic mass is 16.6. The van der Waals surface area contributed by atoms with Gasteiger partial charge in [-0.1, -0.05) is 0 Å². The van der Waals surface area contributed by atoms with Crippen molar-refractivity contribution < 1.29 is 28.7 Å². The van der Waals surface area contributed by atoms with Crippen molar-refractivity contribution in [1.82, 2.24) is 15.5 Å². The van der Waals surface area contributed by atoms with E-state index in [1.165, 1.54) is 4.90 Å². The third-order valence-corrected chi connectivity index (χ3v) is 4.71. The van der Waals surface area contributed by atoms with Gasteiger partial charge in [0, 0.05) is 30.6 Å². The molecule has 1 atom stereocenters.